The number of rotatable bonds is 5. The lowest BCUT2D eigenvalue weighted by Gasteiger charge is -2.27. The van der Waals surface area contributed by atoms with Gasteiger partial charge in [0.25, 0.3) is 11.6 Å². The van der Waals surface area contributed by atoms with Crippen LogP contribution in [0.1, 0.15) is 52.9 Å². The number of carbonyl (C=O) groups is 2. The van der Waals surface area contributed by atoms with Gasteiger partial charge in [0.2, 0.25) is 0 Å². The summed E-state index contributed by atoms with van der Waals surface area (Å²) in [6, 6.07) is 11.9. The van der Waals surface area contributed by atoms with E-state index in [0.29, 0.717) is 5.56 Å². The third-order valence-electron chi connectivity index (χ3n) is 4.97. The largest absolute Gasteiger partial charge is 0.449 e. The van der Waals surface area contributed by atoms with Crippen molar-refractivity contribution in [3.63, 3.8) is 0 Å². The Hall–Kier alpha value is -3.22. The normalized spacial score (nSPS) is 16.6. The zero-order valence-corrected chi connectivity index (χ0v) is 15.8. The summed E-state index contributed by atoms with van der Waals surface area (Å²) in [6.45, 7) is 3.06. The Balaban J connectivity index is 1.64. The van der Waals surface area contributed by atoms with Gasteiger partial charge < -0.3 is 10.1 Å². The van der Waals surface area contributed by atoms with E-state index in [1.54, 1.807) is 6.92 Å². The molecule has 2 atom stereocenters. The zero-order valence-electron chi connectivity index (χ0n) is 15.8. The summed E-state index contributed by atoms with van der Waals surface area (Å²) >= 11 is 0. The van der Waals surface area contributed by atoms with Crippen LogP contribution in [0, 0.1) is 17.0 Å². The van der Waals surface area contributed by atoms with Crippen molar-refractivity contribution in [2.45, 2.75) is 45.3 Å². The first-order valence-corrected chi connectivity index (χ1v) is 9.21. The number of nitro groups is 1. The summed E-state index contributed by atoms with van der Waals surface area (Å²) < 4.78 is 5.26. The average Bonchev–Trinajstić information content (AvgIpc) is 2.67. The van der Waals surface area contributed by atoms with Crippen molar-refractivity contribution in [2.24, 2.45) is 0 Å². The zero-order chi connectivity index (χ0) is 20.3. The Morgan fingerprint density at radius 3 is 2.71 bits per heavy atom. The van der Waals surface area contributed by atoms with Crippen LogP contribution in [0.3, 0.4) is 0 Å². The molecule has 0 fully saturated rings. The molecule has 0 saturated carbocycles. The highest BCUT2D eigenvalue weighted by atomic mass is 16.6. The lowest BCUT2D eigenvalue weighted by atomic mass is 9.87. The SMILES string of the molecule is Cc1cc(C(=O)OC(C)C(=O)NC2CCCc3ccccc32)ccc1[N+](=O)[O-]. The lowest BCUT2D eigenvalue weighted by molar-refractivity contribution is -0.385. The summed E-state index contributed by atoms with van der Waals surface area (Å²) in [5, 5.41) is 13.8. The van der Waals surface area contributed by atoms with Crippen LogP contribution >= 0.6 is 0 Å². The molecule has 3 rings (SSSR count). The number of carbonyl (C=O) groups excluding carboxylic acids is 2. The van der Waals surface area contributed by atoms with Crippen LogP contribution < -0.4 is 5.32 Å². The van der Waals surface area contributed by atoms with Gasteiger partial charge in [0, 0.05) is 11.6 Å². The van der Waals surface area contributed by atoms with Crippen LogP contribution in [0.2, 0.25) is 0 Å². The molecule has 1 aliphatic carbocycles. The fourth-order valence-corrected chi connectivity index (χ4v) is 3.46. The van der Waals surface area contributed by atoms with Gasteiger partial charge in [-0.25, -0.2) is 4.79 Å². The van der Waals surface area contributed by atoms with E-state index in [0.717, 1.165) is 24.8 Å². The molecule has 1 amide bonds. The summed E-state index contributed by atoms with van der Waals surface area (Å²) in [5.41, 5.74) is 2.79. The van der Waals surface area contributed by atoms with Crippen LogP contribution in [-0.4, -0.2) is 22.9 Å². The number of nitrogens with zero attached hydrogens (tertiary/aromatic N) is 1. The summed E-state index contributed by atoms with van der Waals surface area (Å²) in [6.07, 6.45) is 1.84. The molecule has 2 aromatic carbocycles. The van der Waals surface area contributed by atoms with Crippen molar-refractivity contribution >= 4 is 17.6 Å². The monoisotopic (exact) mass is 382 g/mol. The Kier molecular flexibility index (Phi) is 5.73. The molecule has 146 valence electrons. The predicted molar refractivity (Wildman–Crippen MR) is 103 cm³/mol. The van der Waals surface area contributed by atoms with Crippen LogP contribution in [0.25, 0.3) is 0 Å². The van der Waals surface area contributed by atoms with Crippen molar-refractivity contribution in [2.75, 3.05) is 0 Å². The molecule has 0 saturated heterocycles. The first kappa shape index (κ1) is 19.5. The quantitative estimate of drug-likeness (QED) is 0.484. The van der Waals surface area contributed by atoms with Gasteiger partial charge >= 0.3 is 5.97 Å². The van der Waals surface area contributed by atoms with E-state index >= 15 is 0 Å². The highest BCUT2D eigenvalue weighted by Crippen LogP contribution is 2.29. The highest BCUT2D eigenvalue weighted by molar-refractivity contribution is 5.92. The Morgan fingerprint density at radius 2 is 2.00 bits per heavy atom. The number of fused-ring (bicyclic) bond motifs is 1. The number of hydrogen-bond acceptors (Lipinski definition) is 5. The van der Waals surface area contributed by atoms with Crippen molar-refractivity contribution in [3.8, 4) is 0 Å². The van der Waals surface area contributed by atoms with E-state index in [1.807, 2.05) is 18.2 Å². The first-order valence-electron chi connectivity index (χ1n) is 9.21. The van der Waals surface area contributed by atoms with E-state index in [1.165, 1.54) is 30.7 Å². The molecular weight excluding hydrogens is 360 g/mol. The van der Waals surface area contributed by atoms with Gasteiger partial charge in [-0.05, 0) is 56.4 Å². The first-order chi connectivity index (χ1) is 13.4. The topological polar surface area (TPSA) is 98.5 Å². The van der Waals surface area contributed by atoms with Gasteiger partial charge in [-0.2, -0.15) is 0 Å². The minimum Gasteiger partial charge on any atom is -0.449 e. The fourth-order valence-electron chi connectivity index (χ4n) is 3.46. The Labute approximate surface area is 162 Å². The number of aryl methyl sites for hydroxylation is 2. The number of amides is 1. The second kappa shape index (κ2) is 8.21. The minimum absolute atomic E-state index is 0.0710. The molecule has 7 nitrogen and oxygen atoms in total. The average molecular weight is 382 g/mol. The summed E-state index contributed by atoms with van der Waals surface area (Å²) in [4.78, 5) is 35.2. The van der Waals surface area contributed by atoms with Gasteiger partial charge in [0.1, 0.15) is 0 Å². The number of benzene rings is 2. The number of hydrogen-bond donors (Lipinski definition) is 1. The molecule has 0 spiro atoms. The second-order valence-corrected chi connectivity index (χ2v) is 6.96. The van der Waals surface area contributed by atoms with Gasteiger partial charge in [-0.15, -0.1) is 0 Å². The molecule has 28 heavy (non-hydrogen) atoms. The standard InChI is InChI=1S/C21H22N2O5/c1-13-12-16(10-11-19(13)23(26)27)21(25)28-14(2)20(24)22-18-9-5-7-15-6-3-4-8-17(15)18/h3-4,6,8,10-12,14,18H,5,7,9H2,1-2H3,(H,22,24). The molecule has 2 aromatic rings. The number of nitro benzene ring substituents is 1. The van der Waals surface area contributed by atoms with Crippen LogP contribution in [-0.2, 0) is 16.0 Å². The van der Waals surface area contributed by atoms with Gasteiger partial charge in [-0.3, -0.25) is 14.9 Å². The van der Waals surface area contributed by atoms with Gasteiger partial charge in [0.15, 0.2) is 6.10 Å². The van der Waals surface area contributed by atoms with Crippen molar-refractivity contribution in [1.29, 1.82) is 0 Å². The maximum Gasteiger partial charge on any atom is 0.338 e. The molecule has 0 radical (unpaired) electrons. The summed E-state index contributed by atoms with van der Waals surface area (Å²) in [5.74, 6) is -1.06. The molecule has 2 unspecified atom stereocenters. The van der Waals surface area contributed by atoms with Crippen molar-refractivity contribution in [3.05, 3.63) is 74.8 Å². The van der Waals surface area contributed by atoms with E-state index in [-0.39, 0.29) is 23.2 Å². The number of ether oxygens (including phenoxy) is 1. The second-order valence-electron chi connectivity index (χ2n) is 6.96. The van der Waals surface area contributed by atoms with E-state index < -0.39 is 17.0 Å². The van der Waals surface area contributed by atoms with Crippen LogP contribution in [0.5, 0.6) is 0 Å². The van der Waals surface area contributed by atoms with Crippen LogP contribution in [0.15, 0.2) is 42.5 Å². The molecule has 0 bridgehead atoms. The maximum atomic E-state index is 12.5. The smallest absolute Gasteiger partial charge is 0.338 e. The van der Waals surface area contributed by atoms with Gasteiger partial charge in [-0.1, -0.05) is 24.3 Å². The molecule has 0 aliphatic heterocycles. The lowest BCUT2D eigenvalue weighted by Crippen LogP contribution is -2.39. The summed E-state index contributed by atoms with van der Waals surface area (Å²) in [7, 11) is 0. The Bertz CT molecular complexity index is 925. The third-order valence-corrected chi connectivity index (χ3v) is 4.97. The highest BCUT2D eigenvalue weighted by Gasteiger charge is 2.26. The van der Waals surface area contributed by atoms with E-state index in [4.69, 9.17) is 4.74 Å². The van der Waals surface area contributed by atoms with Crippen molar-refractivity contribution < 1.29 is 19.2 Å². The molecule has 1 N–H and O–H groups in total. The third kappa shape index (κ3) is 4.19. The minimum atomic E-state index is -0.975. The van der Waals surface area contributed by atoms with E-state index in [9.17, 15) is 19.7 Å². The number of esters is 1. The predicted octanol–water partition coefficient (Wildman–Crippen LogP) is 3.64. The number of nitrogens with one attached hydrogen (secondary N) is 1. The maximum absolute atomic E-state index is 12.5. The molecule has 1 aliphatic rings. The Morgan fingerprint density at radius 1 is 1.25 bits per heavy atom. The molecule has 0 aromatic heterocycles. The van der Waals surface area contributed by atoms with Crippen LogP contribution in [0.4, 0.5) is 5.69 Å². The van der Waals surface area contributed by atoms with Crippen molar-refractivity contribution in [1.82, 2.24) is 5.32 Å². The fraction of sp³-hybridized carbons (Fsp3) is 0.333. The van der Waals surface area contributed by atoms with E-state index in [2.05, 4.69) is 11.4 Å². The molecule has 7 heteroatoms. The molecular formula is C21H22N2O5. The van der Waals surface area contributed by atoms with Gasteiger partial charge in [0.05, 0.1) is 16.5 Å². The molecule has 0 heterocycles.